The second-order valence-electron chi connectivity index (χ2n) is 7.90. The first-order valence-corrected chi connectivity index (χ1v) is 11.7. The number of carbonyl (C=O) groups excluding carboxylic acids is 2. The number of rotatable bonds is 4. The lowest BCUT2D eigenvalue weighted by atomic mass is 10.1. The third-order valence-corrected chi connectivity index (χ3v) is 6.57. The largest absolute Gasteiger partial charge is 0.493 e. The van der Waals surface area contributed by atoms with E-state index in [9.17, 15) is 14.0 Å². The van der Waals surface area contributed by atoms with E-state index in [2.05, 4.69) is 15.0 Å². The zero-order chi connectivity index (χ0) is 24.5. The quantitative estimate of drug-likeness (QED) is 0.393. The summed E-state index contributed by atoms with van der Waals surface area (Å²) in [5.41, 5.74) is 0.816. The topological polar surface area (TPSA) is 108 Å². The zero-order valence-electron chi connectivity index (χ0n) is 18.7. The average Bonchev–Trinajstić information content (AvgIpc) is 3.53. The molecule has 0 atom stereocenters. The Morgan fingerprint density at radius 2 is 1.86 bits per heavy atom. The summed E-state index contributed by atoms with van der Waals surface area (Å²) in [6, 6.07) is 9.72. The monoisotopic (exact) mass is 493 g/mol. The van der Waals surface area contributed by atoms with Crippen LogP contribution in [0.4, 0.5) is 4.39 Å². The van der Waals surface area contributed by atoms with Crippen molar-refractivity contribution in [2.75, 3.05) is 20.2 Å². The summed E-state index contributed by atoms with van der Waals surface area (Å²) in [7, 11) is 1.42. The van der Waals surface area contributed by atoms with Gasteiger partial charge in [-0.2, -0.15) is 10.0 Å². The van der Waals surface area contributed by atoms with Gasteiger partial charge in [-0.3, -0.25) is 10.2 Å². The Labute approximate surface area is 204 Å². The molecule has 0 radical (unpaired) electrons. The number of hydrogen-bond donors (Lipinski definition) is 1. The van der Waals surface area contributed by atoms with Gasteiger partial charge in [-0.05, 0) is 72.6 Å². The van der Waals surface area contributed by atoms with Gasteiger partial charge >= 0.3 is 5.97 Å². The molecular weight excluding hydrogens is 473 g/mol. The summed E-state index contributed by atoms with van der Waals surface area (Å²) in [6.07, 6.45) is 3.70. The minimum atomic E-state index is -0.668. The van der Waals surface area contributed by atoms with Crippen molar-refractivity contribution in [3.05, 3.63) is 65.0 Å². The third kappa shape index (κ3) is 4.54. The van der Waals surface area contributed by atoms with Crippen LogP contribution in [0.15, 0.2) is 58.1 Å². The molecule has 9 nitrogen and oxygen atoms in total. The minimum Gasteiger partial charge on any atom is -0.493 e. The van der Waals surface area contributed by atoms with E-state index in [1.165, 1.54) is 60.3 Å². The Balaban J connectivity index is 1.37. The molecule has 3 aliphatic rings. The van der Waals surface area contributed by atoms with Gasteiger partial charge in [-0.1, -0.05) is 6.07 Å². The van der Waals surface area contributed by atoms with Crippen LogP contribution in [0, 0.1) is 11.2 Å². The number of methoxy groups -OCH3 is 1. The second-order valence-corrected chi connectivity index (χ2v) is 8.84. The Kier molecular flexibility index (Phi) is 6.08. The molecule has 0 aromatic heterocycles. The van der Waals surface area contributed by atoms with Gasteiger partial charge in [0.15, 0.2) is 22.5 Å². The van der Waals surface area contributed by atoms with Crippen molar-refractivity contribution in [2.45, 2.75) is 12.8 Å². The molecule has 5 rings (SSSR count). The molecule has 11 heteroatoms. The summed E-state index contributed by atoms with van der Waals surface area (Å²) < 4.78 is 23.9. The molecule has 178 valence electrons. The van der Waals surface area contributed by atoms with E-state index < -0.39 is 17.7 Å². The number of fused-ring (bicyclic) bond motifs is 1. The van der Waals surface area contributed by atoms with Crippen LogP contribution in [0.3, 0.4) is 0 Å². The van der Waals surface area contributed by atoms with Crippen LogP contribution < -0.4 is 9.47 Å². The molecule has 1 N–H and O–H groups in total. The smallest absolute Gasteiger partial charge is 0.343 e. The fraction of sp³-hybridized carbons (Fsp3) is 0.208. The van der Waals surface area contributed by atoms with Crippen LogP contribution in [-0.2, 0) is 4.79 Å². The molecule has 2 aromatic carbocycles. The first kappa shape index (κ1) is 22.8. The molecule has 0 unspecified atom stereocenters. The molecule has 0 aliphatic carbocycles. The minimum absolute atomic E-state index is 0.0625. The molecule has 1 fully saturated rings. The SMILES string of the molecule is COc1cc(/C=C2/C(=N)N3N=C(N4CCCC4)SC3=NC2=O)ccc1OC(=O)c1ccc(F)cc1. The molecule has 3 heterocycles. The van der Waals surface area contributed by atoms with Gasteiger partial charge in [-0.15, -0.1) is 5.10 Å². The normalized spacial score (nSPS) is 18.5. The lowest BCUT2D eigenvalue weighted by Crippen LogP contribution is -2.35. The number of thioether (sulfide) groups is 1. The number of amides is 1. The van der Waals surface area contributed by atoms with Gasteiger partial charge in [0, 0.05) is 13.1 Å². The number of likely N-dealkylation sites (tertiary alicyclic amines) is 1. The highest BCUT2D eigenvalue weighted by Gasteiger charge is 2.37. The summed E-state index contributed by atoms with van der Waals surface area (Å²) in [5.74, 6) is -1.31. The van der Waals surface area contributed by atoms with Crippen molar-refractivity contribution in [3.63, 3.8) is 0 Å². The molecule has 0 spiro atoms. The van der Waals surface area contributed by atoms with Crippen molar-refractivity contribution in [1.82, 2.24) is 9.91 Å². The van der Waals surface area contributed by atoms with Crippen LogP contribution >= 0.6 is 11.8 Å². The van der Waals surface area contributed by atoms with E-state index in [0.29, 0.717) is 10.7 Å². The maximum Gasteiger partial charge on any atom is 0.343 e. The maximum atomic E-state index is 13.1. The van der Waals surface area contributed by atoms with Gasteiger partial charge in [0.25, 0.3) is 5.91 Å². The Bertz CT molecular complexity index is 1320. The van der Waals surface area contributed by atoms with Gasteiger partial charge in [0.1, 0.15) is 5.82 Å². The van der Waals surface area contributed by atoms with E-state index in [0.717, 1.165) is 31.1 Å². The first-order valence-electron chi connectivity index (χ1n) is 10.8. The van der Waals surface area contributed by atoms with E-state index in [1.54, 1.807) is 12.1 Å². The van der Waals surface area contributed by atoms with E-state index in [-0.39, 0.29) is 28.5 Å². The fourth-order valence-electron chi connectivity index (χ4n) is 3.79. The molecule has 35 heavy (non-hydrogen) atoms. The number of esters is 1. The van der Waals surface area contributed by atoms with Crippen molar-refractivity contribution in [3.8, 4) is 11.5 Å². The van der Waals surface area contributed by atoms with Crippen molar-refractivity contribution in [2.24, 2.45) is 10.1 Å². The summed E-state index contributed by atoms with van der Waals surface area (Å²) in [4.78, 5) is 31.3. The molecule has 0 saturated carbocycles. The number of hydrazone groups is 1. The van der Waals surface area contributed by atoms with Crippen molar-refractivity contribution in [1.29, 1.82) is 5.41 Å². The van der Waals surface area contributed by atoms with Crippen LogP contribution in [0.5, 0.6) is 11.5 Å². The summed E-state index contributed by atoms with van der Waals surface area (Å²) in [6.45, 7) is 1.80. The number of hydrogen-bond acceptors (Lipinski definition) is 8. The molecule has 1 amide bonds. The van der Waals surface area contributed by atoms with E-state index >= 15 is 0 Å². The lowest BCUT2D eigenvalue weighted by Gasteiger charge is -2.20. The zero-order valence-corrected chi connectivity index (χ0v) is 19.5. The number of amidine groups is 3. The number of benzene rings is 2. The second kappa shape index (κ2) is 9.34. The maximum absolute atomic E-state index is 13.1. The molecule has 2 aromatic rings. The molecular formula is C24H20FN5O4S. The number of nitrogens with zero attached hydrogens (tertiary/aromatic N) is 4. The van der Waals surface area contributed by atoms with Crippen LogP contribution in [0.2, 0.25) is 0 Å². The lowest BCUT2D eigenvalue weighted by molar-refractivity contribution is -0.114. The highest BCUT2D eigenvalue weighted by molar-refractivity contribution is 8.26. The predicted octanol–water partition coefficient (Wildman–Crippen LogP) is 3.73. The molecule has 0 bridgehead atoms. The number of ether oxygens (including phenoxy) is 2. The summed E-state index contributed by atoms with van der Waals surface area (Å²) >= 11 is 1.29. The van der Waals surface area contributed by atoms with Crippen LogP contribution in [-0.4, -0.2) is 58.2 Å². The van der Waals surface area contributed by atoms with Gasteiger partial charge in [0.2, 0.25) is 5.17 Å². The fourth-order valence-corrected chi connectivity index (χ4v) is 4.73. The Hall–Kier alpha value is -3.99. The molecule has 1 saturated heterocycles. The summed E-state index contributed by atoms with van der Waals surface area (Å²) in [5, 5.41) is 15.5. The highest BCUT2D eigenvalue weighted by Crippen LogP contribution is 2.33. The van der Waals surface area contributed by atoms with Crippen molar-refractivity contribution < 1.29 is 23.5 Å². The average molecular weight is 494 g/mol. The molecule has 3 aliphatic heterocycles. The highest BCUT2D eigenvalue weighted by atomic mass is 32.2. The standard InChI is InChI=1S/C24H20FN5O4S/c1-33-19-13-14(4-9-18(19)34-22(32)15-5-7-16(25)8-6-15)12-17-20(26)30-23(27-21(17)31)35-24(28-30)29-10-2-3-11-29/h4-9,12-13,26H,2-3,10-11H2,1H3/b17-12-,26-20?. The number of aliphatic imine (C=N–C) groups is 1. The predicted molar refractivity (Wildman–Crippen MR) is 130 cm³/mol. The number of halogens is 1. The Morgan fingerprint density at radius 1 is 1.11 bits per heavy atom. The number of carbonyl (C=O) groups is 2. The van der Waals surface area contributed by atoms with Crippen molar-refractivity contribution >= 4 is 45.9 Å². The third-order valence-electron chi connectivity index (χ3n) is 5.60. The van der Waals surface area contributed by atoms with Gasteiger partial charge in [0.05, 0.1) is 18.2 Å². The van der Waals surface area contributed by atoms with Gasteiger partial charge < -0.3 is 14.4 Å². The van der Waals surface area contributed by atoms with Crippen LogP contribution in [0.1, 0.15) is 28.8 Å². The van der Waals surface area contributed by atoms with Gasteiger partial charge in [-0.25, -0.2) is 9.18 Å². The number of nitrogens with one attached hydrogen (secondary N) is 1. The Morgan fingerprint density at radius 3 is 2.57 bits per heavy atom. The van der Waals surface area contributed by atoms with E-state index in [1.807, 2.05) is 0 Å². The van der Waals surface area contributed by atoms with E-state index in [4.69, 9.17) is 14.9 Å². The first-order chi connectivity index (χ1) is 16.9. The van der Waals surface area contributed by atoms with Crippen LogP contribution in [0.25, 0.3) is 6.08 Å².